The Bertz CT molecular complexity index is 1070. The number of anilines is 2. The summed E-state index contributed by atoms with van der Waals surface area (Å²) in [7, 11) is -3.42. The van der Waals surface area contributed by atoms with Crippen LogP contribution in [-0.4, -0.2) is 76.3 Å². The summed E-state index contributed by atoms with van der Waals surface area (Å²) < 4.78 is 53.2. The van der Waals surface area contributed by atoms with Crippen molar-refractivity contribution in [2.45, 2.75) is 76.3 Å². The number of aromatic nitrogens is 2. The highest BCUT2D eigenvalue weighted by molar-refractivity contribution is 7.92. The van der Waals surface area contributed by atoms with Crippen molar-refractivity contribution in [3.63, 3.8) is 0 Å². The smallest absolute Gasteiger partial charge is 0.264 e. The Kier molecular flexibility index (Phi) is 6.96. The van der Waals surface area contributed by atoms with E-state index >= 15 is 0 Å². The van der Waals surface area contributed by atoms with Gasteiger partial charge in [-0.3, -0.25) is 0 Å². The first-order chi connectivity index (χ1) is 16.0. The highest BCUT2D eigenvalue weighted by atomic mass is 32.2. The molecule has 0 radical (unpaired) electrons. The molecule has 1 aliphatic carbocycles. The lowest BCUT2D eigenvalue weighted by Gasteiger charge is -2.43. The normalized spacial score (nSPS) is 29.0. The van der Waals surface area contributed by atoms with E-state index in [0.717, 1.165) is 0 Å². The minimum Gasteiger partial charge on any atom is -0.388 e. The maximum Gasteiger partial charge on any atom is 0.264 e. The fourth-order valence-electron chi connectivity index (χ4n) is 5.05. The van der Waals surface area contributed by atoms with E-state index in [-0.39, 0.29) is 17.8 Å². The molecule has 1 saturated heterocycles. The number of aliphatic hydroxyl groups is 2. The maximum absolute atomic E-state index is 13.6. The van der Waals surface area contributed by atoms with E-state index < -0.39 is 39.9 Å². The number of alkyl halides is 2. The number of fused-ring (bicyclic) bond motifs is 1. The van der Waals surface area contributed by atoms with E-state index in [9.17, 15) is 27.4 Å². The number of aliphatic hydroxyl groups excluding tert-OH is 1. The minimum absolute atomic E-state index is 0.0705. The molecular formula is C22H31F2N5O4S. The van der Waals surface area contributed by atoms with Crippen LogP contribution >= 0.6 is 0 Å². The molecule has 9 nitrogen and oxygen atoms in total. The van der Waals surface area contributed by atoms with Crippen LogP contribution in [0.3, 0.4) is 0 Å². The zero-order valence-corrected chi connectivity index (χ0v) is 20.0. The second-order valence-electron chi connectivity index (χ2n) is 9.30. The van der Waals surface area contributed by atoms with E-state index in [1.165, 1.54) is 33.0 Å². The average Bonchev–Trinajstić information content (AvgIpc) is 3.12. The van der Waals surface area contributed by atoms with Crippen molar-refractivity contribution in [2.24, 2.45) is 0 Å². The molecule has 3 atom stereocenters. The van der Waals surface area contributed by atoms with E-state index in [2.05, 4.69) is 15.3 Å². The van der Waals surface area contributed by atoms with Crippen LogP contribution in [0.1, 0.15) is 51.5 Å². The number of nitrogens with zero attached hydrogens (tertiary/aromatic N) is 4. The van der Waals surface area contributed by atoms with E-state index in [1.807, 2.05) is 0 Å². The molecular weight excluding hydrogens is 468 g/mol. The number of nitrogens with one attached hydrogen (secondary N) is 1. The van der Waals surface area contributed by atoms with Crippen LogP contribution in [0.25, 0.3) is 6.08 Å². The number of hydrogen-bond acceptors (Lipinski definition) is 8. The molecule has 1 unspecified atom stereocenters. The second-order valence-corrected chi connectivity index (χ2v) is 11.1. The summed E-state index contributed by atoms with van der Waals surface area (Å²) in [6.45, 7) is 4.01. The minimum atomic E-state index is -3.42. The van der Waals surface area contributed by atoms with Crippen molar-refractivity contribution < 1.29 is 27.4 Å². The number of piperidine rings is 1. The summed E-state index contributed by atoms with van der Waals surface area (Å²) >= 11 is 0. The van der Waals surface area contributed by atoms with Gasteiger partial charge >= 0.3 is 0 Å². The number of sulfonamides is 1. The van der Waals surface area contributed by atoms with Crippen molar-refractivity contribution in [1.29, 1.82) is 0 Å². The summed E-state index contributed by atoms with van der Waals surface area (Å²) in [4.78, 5) is 10.2. The molecule has 1 saturated carbocycles. The Balaban J connectivity index is 1.57. The molecule has 34 heavy (non-hydrogen) atoms. The highest BCUT2D eigenvalue weighted by Crippen LogP contribution is 2.42. The molecule has 0 bridgehead atoms. The lowest BCUT2D eigenvalue weighted by Crippen LogP contribution is -2.55. The van der Waals surface area contributed by atoms with Crippen LogP contribution in [0.4, 0.5) is 20.5 Å². The van der Waals surface area contributed by atoms with E-state index in [0.29, 0.717) is 50.8 Å². The fourth-order valence-corrected chi connectivity index (χ4v) is 6.29. The second kappa shape index (κ2) is 9.48. The first kappa shape index (κ1) is 25.0. The number of hydrogen-bond donors (Lipinski definition) is 3. The molecule has 1 aromatic rings. The summed E-state index contributed by atoms with van der Waals surface area (Å²) in [6, 6.07) is -0.648. The Labute approximate surface area is 198 Å². The van der Waals surface area contributed by atoms with Crippen molar-refractivity contribution >= 4 is 27.9 Å². The first-order valence-electron chi connectivity index (χ1n) is 11.5. The molecule has 12 heteroatoms. The van der Waals surface area contributed by atoms with Crippen LogP contribution in [-0.2, 0) is 10.0 Å². The molecule has 0 aromatic carbocycles. The maximum atomic E-state index is 13.6. The van der Waals surface area contributed by atoms with Gasteiger partial charge in [0.1, 0.15) is 5.82 Å². The van der Waals surface area contributed by atoms with Crippen molar-refractivity contribution in [3.8, 4) is 0 Å². The Morgan fingerprint density at radius 3 is 2.59 bits per heavy atom. The lowest BCUT2D eigenvalue weighted by atomic mass is 9.95. The fraction of sp³-hybridized carbons (Fsp3) is 0.636. The molecule has 188 valence electrons. The van der Waals surface area contributed by atoms with Gasteiger partial charge in [-0.15, -0.1) is 0 Å². The molecule has 2 aliphatic heterocycles. The van der Waals surface area contributed by atoms with Gasteiger partial charge in [-0.1, -0.05) is 6.08 Å². The third kappa shape index (κ3) is 4.81. The molecule has 0 amide bonds. The molecule has 2 fully saturated rings. The van der Waals surface area contributed by atoms with Gasteiger partial charge in [0.05, 0.1) is 11.6 Å². The highest BCUT2D eigenvalue weighted by Gasteiger charge is 2.46. The van der Waals surface area contributed by atoms with Gasteiger partial charge in [0, 0.05) is 41.9 Å². The van der Waals surface area contributed by atoms with Gasteiger partial charge in [-0.05, 0) is 52.0 Å². The van der Waals surface area contributed by atoms with E-state index in [4.69, 9.17) is 0 Å². The monoisotopic (exact) mass is 499 g/mol. The zero-order valence-electron chi connectivity index (χ0n) is 19.2. The van der Waals surface area contributed by atoms with Gasteiger partial charge in [0.25, 0.3) is 6.43 Å². The molecule has 3 aliphatic rings. The molecule has 0 spiro atoms. The third-order valence-corrected chi connectivity index (χ3v) is 8.55. The first-order valence-corrected chi connectivity index (χ1v) is 13.0. The Morgan fingerprint density at radius 2 is 2.00 bits per heavy atom. The van der Waals surface area contributed by atoms with Gasteiger partial charge < -0.3 is 20.4 Å². The van der Waals surface area contributed by atoms with Gasteiger partial charge in [-0.2, -0.15) is 9.29 Å². The lowest BCUT2D eigenvalue weighted by molar-refractivity contribution is 0.0305. The standard InChI is InChI=1S/C22H31F2N5O4S/c1-3-11-34(32,33)28-9-6-15(7-10-28)26-21-25-13-14-12-16(18(23)24)20(30)29(19(14)27-21)17-5-4-8-22(17,2)31/h3,11-13,15,17-18,20,30-31H,4-10H2,1-2H3,(H,25,26,27)/b11-3+/t17-,20?,22-/m1/s1. The van der Waals surface area contributed by atoms with Crippen LogP contribution in [0.5, 0.6) is 0 Å². The van der Waals surface area contributed by atoms with Crippen molar-refractivity contribution in [3.05, 3.63) is 28.8 Å². The molecule has 3 heterocycles. The predicted molar refractivity (Wildman–Crippen MR) is 125 cm³/mol. The van der Waals surface area contributed by atoms with Crippen molar-refractivity contribution in [1.82, 2.24) is 14.3 Å². The molecule has 1 aromatic heterocycles. The number of rotatable bonds is 6. The Hall–Kier alpha value is -2.15. The van der Waals surface area contributed by atoms with Crippen LogP contribution in [0.2, 0.25) is 0 Å². The summed E-state index contributed by atoms with van der Waals surface area (Å²) in [5.41, 5.74) is -1.26. The van der Waals surface area contributed by atoms with Crippen LogP contribution in [0.15, 0.2) is 23.3 Å². The van der Waals surface area contributed by atoms with Gasteiger partial charge in [0.2, 0.25) is 16.0 Å². The SMILES string of the molecule is C/C=C/S(=O)(=O)N1CCC(Nc2ncc3c(n2)N([C@@H]2CCC[C@@]2(C)O)C(O)C(C(F)F)=C3)CC1. The Morgan fingerprint density at radius 1 is 1.29 bits per heavy atom. The zero-order chi connectivity index (χ0) is 24.7. The van der Waals surface area contributed by atoms with Gasteiger partial charge in [-0.25, -0.2) is 22.2 Å². The van der Waals surface area contributed by atoms with Crippen LogP contribution in [0, 0.1) is 0 Å². The van der Waals surface area contributed by atoms with E-state index in [1.54, 1.807) is 13.8 Å². The molecule has 3 N–H and O–H groups in total. The topological polar surface area (TPSA) is 119 Å². The quantitative estimate of drug-likeness (QED) is 0.546. The predicted octanol–water partition coefficient (Wildman–Crippen LogP) is 2.31. The summed E-state index contributed by atoms with van der Waals surface area (Å²) in [5.74, 6) is 0.548. The van der Waals surface area contributed by atoms with Crippen LogP contribution < -0.4 is 10.2 Å². The molecule has 4 rings (SSSR count). The summed E-state index contributed by atoms with van der Waals surface area (Å²) in [6.07, 6.45) is 2.50. The van der Waals surface area contributed by atoms with Gasteiger partial charge in [0.15, 0.2) is 6.23 Å². The third-order valence-electron chi connectivity index (χ3n) is 6.85. The van der Waals surface area contributed by atoms with Crippen molar-refractivity contribution in [2.75, 3.05) is 23.3 Å². The number of allylic oxidation sites excluding steroid dienone is 1. The average molecular weight is 500 g/mol. The number of halogens is 2. The largest absolute Gasteiger partial charge is 0.388 e. The summed E-state index contributed by atoms with van der Waals surface area (Å²) in [5, 5.41) is 26.1.